The molecule has 0 saturated carbocycles. The molecule has 0 aromatic carbocycles. The molecule has 0 bridgehead atoms. The third-order valence-electron chi connectivity index (χ3n) is 2.96. The minimum absolute atomic E-state index is 0.376. The molecule has 12 heavy (non-hydrogen) atoms. The van der Waals surface area contributed by atoms with Crippen molar-refractivity contribution in [2.24, 2.45) is 0 Å². The van der Waals surface area contributed by atoms with Crippen LogP contribution >= 0.6 is 0 Å². The number of hydrogen-bond acceptors (Lipinski definition) is 1. The van der Waals surface area contributed by atoms with Crippen LogP contribution in [-0.2, 0) is 0 Å². The van der Waals surface area contributed by atoms with Crippen LogP contribution in [0.15, 0.2) is 0 Å². The Balaban J connectivity index is 2.59. The van der Waals surface area contributed by atoms with Crippen LogP contribution in [-0.4, -0.2) is 23.0 Å². The molecule has 1 saturated heterocycles. The van der Waals surface area contributed by atoms with E-state index in [2.05, 4.69) is 32.6 Å². The lowest BCUT2D eigenvalue weighted by Gasteiger charge is -2.44. The first-order chi connectivity index (χ1) is 5.55. The molecule has 1 fully saturated rings. The highest BCUT2D eigenvalue weighted by molar-refractivity contribution is 4.85. The maximum absolute atomic E-state index is 2.68. The lowest BCUT2D eigenvalue weighted by Crippen LogP contribution is -2.50. The van der Waals surface area contributed by atoms with E-state index < -0.39 is 0 Å². The molecule has 0 aliphatic carbocycles. The minimum Gasteiger partial charge on any atom is -0.296 e. The zero-order valence-corrected chi connectivity index (χ0v) is 9.06. The van der Waals surface area contributed by atoms with E-state index in [1.165, 1.54) is 32.2 Å². The fraction of sp³-hybridized carbons (Fsp3) is 1.00. The third kappa shape index (κ3) is 2.22. The molecule has 0 aromatic rings. The van der Waals surface area contributed by atoms with Gasteiger partial charge in [-0.25, -0.2) is 0 Å². The zero-order valence-electron chi connectivity index (χ0n) is 9.06. The van der Waals surface area contributed by atoms with Crippen LogP contribution in [0.1, 0.15) is 53.4 Å². The van der Waals surface area contributed by atoms with E-state index in [-0.39, 0.29) is 0 Å². The molecule has 1 atom stereocenters. The summed E-state index contributed by atoms with van der Waals surface area (Å²) in [5.41, 5.74) is 0.376. The average molecular weight is 169 g/mol. The molecule has 0 unspecified atom stereocenters. The van der Waals surface area contributed by atoms with Crippen LogP contribution in [0.25, 0.3) is 0 Å². The molecule has 0 aromatic heterocycles. The van der Waals surface area contributed by atoms with Gasteiger partial charge in [0.1, 0.15) is 0 Å². The Labute approximate surface area is 77.1 Å². The van der Waals surface area contributed by atoms with Gasteiger partial charge in [0.15, 0.2) is 0 Å². The molecule has 1 rings (SSSR count). The lowest BCUT2D eigenvalue weighted by atomic mass is 9.93. The number of nitrogens with zero attached hydrogens (tertiary/aromatic N) is 1. The van der Waals surface area contributed by atoms with E-state index in [0.717, 1.165) is 6.04 Å². The summed E-state index contributed by atoms with van der Waals surface area (Å²) in [5, 5.41) is 0. The zero-order chi connectivity index (χ0) is 9.19. The molecule has 1 aliphatic rings. The van der Waals surface area contributed by atoms with Crippen molar-refractivity contribution in [3.8, 4) is 0 Å². The summed E-state index contributed by atoms with van der Waals surface area (Å²) in [6, 6.07) is 0.846. The highest BCUT2D eigenvalue weighted by Gasteiger charge is 2.29. The Morgan fingerprint density at radius 2 is 1.92 bits per heavy atom. The second kappa shape index (κ2) is 3.78. The summed E-state index contributed by atoms with van der Waals surface area (Å²) in [6.45, 7) is 10.6. The maximum Gasteiger partial charge on any atom is 0.0127 e. The second-order valence-electron chi connectivity index (χ2n) is 4.92. The second-order valence-corrected chi connectivity index (χ2v) is 4.92. The first-order valence-corrected chi connectivity index (χ1v) is 5.32. The van der Waals surface area contributed by atoms with Crippen molar-refractivity contribution in [2.45, 2.75) is 65.0 Å². The van der Waals surface area contributed by atoms with Gasteiger partial charge in [0.2, 0.25) is 0 Å². The Bertz CT molecular complexity index is 134. The van der Waals surface area contributed by atoms with Gasteiger partial charge in [0.05, 0.1) is 0 Å². The summed E-state index contributed by atoms with van der Waals surface area (Å²) in [7, 11) is 0. The van der Waals surface area contributed by atoms with Gasteiger partial charge in [-0.3, -0.25) is 4.90 Å². The van der Waals surface area contributed by atoms with Crippen LogP contribution in [0.3, 0.4) is 0 Å². The van der Waals surface area contributed by atoms with E-state index in [4.69, 9.17) is 0 Å². The Hall–Kier alpha value is -0.0400. The average Bonchev–Trinajstić information content (AvgIpc) is 2.03. The molecule has 1 heteroatoms. The summed E-state index contributed by atoms with van der Waals surface area (Å²) in [4.78, 5) is 2.68. The molecule has 72 valence electrons. The van der Waals surface area contributed by atoms with Crippen LogP contribution in [0, 0.1) is 0 Å². The predicted molar refractivity (Wildman–Crippen MR) is 54.4 cm³/mol. The van der Waals surface area contributed by atoms with Crippen molar-refractivity contribution in [1.29, 1.82) is 0 Å². The normalized spacial score (nSPS) is 27.5. The Morgan fingerprint density at radius 1 is 1.25 bits per heavy atom. The lowest BCUT2D eigenvalue weighted by molar-refractivity contribution is 0.0496. The van der Waals surface area contributed by atoms with Gasteiger partial charge in [-0.15, -0.1) is 0 Å². The number of rotatable bonds is 1. The van der Waals surface area contributed by atoms with Gasteiger partial charge in [0, 0.05) is 11.6 Å². The SMILES string of the molecule is CC[C@@H]1CCCCN1C(C)(C)C. The van der Waals surface area contributed by atoms with Gasteiger partial charge in [0.25, 0.3) is 0 Å². The molecule has 1 heterocycles. The van der Waals surface area contributed by atoms with Crippen molar-refractivity contribution in [3.63, 3.8) is 0 Å². The summed E-state index contributed by atoms with van der Waals surface area (Å²) >= 11 is 0. The fourth-order valence-corrected chi connectivity index (χ4v) is 2.31. The fourth-order valence-electron chi connectivity index (χ4n) is 2.31. The van der Waals surface area contributed by atoms with Crippen LogP contribution in [0.4, 0.5) is 0 Å². The summed E-state index contributed by atoms with van der Waals surface area (Å²) in [6.07, 6.45) is 5.56. The number of piperidine rings is 1. The van der Waals surface area contributed by atoms with Crippen molar-refractivity contribution in [2.75, 3.05) is 6.54 Å². The monoisotopic (exact) mass is 169 g/mol. The molecule has 0 radical (unpaired) electrons. The molecule has 0 amide bonds. The summed E-state index contributed by atoms with van der Waals surface area (Å²) < 4.78 is 0. The van der Waals surface area contributed by atoms with Gasteiger partial charge in [-0.05, 0) is 46.6 Å². The van der Waals surface area contributed by atoms with Gasteiger partial charge >= 0.3 is 0 Å². The first-order valence-electron chi connectivity index (χ1n) is 5.32. The van der Waals surface area contributed by atoms with E-state index in [0.29, 0.717) is 5.54 Å². The molecule has 1 aliphatic heterocycles. The Morgan fingerprint density at radius 3 is 2.33 bits per heavy atom. The quantitative estimate of drug-likeness (QED) is 0.583. The van der Waals surface area contributed by atoms with Crippen molar-refractivity contribution >= 4 is 0 Å². The van der Waals surface area contributed by atoms with Gasteiger partial charge in [-0.2, -0.15) is 0 Å². The van der Waals surface area contributed by atoms with Crippen molar-refractivity contribution in [1.82, 2.24) is 4.90 Å². The molecular formula is C11H23N. The molecule has 1 nitrogen and oxygen atoms in total. The van der Waals surface area contributed by atoms with E-state index in [1.807, 2.05) is 0 Å². The highest BCUT2D eigenvalue weighted by Crippen LogP contribution is 2.26. The van der Waals surface area contributed by atoms with Crippen LogP contribution < -0.4 is 0 Å². The number of hydrogen-bond donors (Lipinski definition) is 0. The largest absolute Gasteiger partial charge is 0.296 e. The van der Waals surface area contributed by atoms with Crippen LogP contribution in [0.5, 0.6) is 0 Å². The topological polar surface area (TPSA) is 3.24 Å². The predicted octanol–water partition coefficient (Wildman–Crippen LogP) is 3.05. The minimum atomic E-state index is 0.376. The smallest absolute Gasteiger partial charge is 0.0127 e. The van der Waals surface area contributed by atoms with E-state index in [1.54, 1.807) is 0 Å². The molecular weight excluding hydrogens is 146 g/mol. The van der Waals surface area contributed by atoms with Crippen LogP contribution in [0.2, 0.25) is 0 Å². The van der Waals surface area contributed by atoms with E-state index >= 15 is 0 Å². The van der Waals surface area contributed by atoms with E-state index in [9.17, 15) is 0 Å². The Kier molecular flexibility index (Phi) is 3.16. The first kappa shape index (κ1) is 10.0. The van der Waals surface area contributed by atoms with Gasteiger partial charge < -0.3 is 0 Å². The van der Waals surface area contributed by atoms with Crippen molar-refractivity contribution in [3.05, 3.63) is 0 Å². The standard InChI is InChI=1S/C11H23N/c1-5-10-8-6-7-9-12(10)11(2,3)4/h10H,5-9H2,1-4H3/t10-/m1/s1. The highest BCUT2D eigenvalue weighted by atomic mass is 15.2. The molecule has 0 spiro atoms. The maximum atomic E-state index is 2.68. The van der Waals surface area contributed by atoms with Crippen molar-refractivity contribution < 1.29 is 0 Å². The molecule has 0 N–H and O–H groups in total. The van der Waals surface area contributed by atoms with Gasteiger partial charge in [-0.1, -0.05) is 13.3 Å². The third-order valence-corrected chi connectivity index (χ3v) is 2.96. The summed E-state index contributed by atoms with van der Waals surface area (Å²) in [5.74, 6) is 0. The number of likely N-dealkylation sites (tertiary alicyclic amines) is 1.